The smallest absolute Gasteiger partial charge is 0.276 e. The van der Waals surface area contributed by atoms with Crippen LogP contribution in [-0.2, 0) is 0 Å². The predicted molar refractivity (Wildman–Crippen MR) is 145 cm³/mol. The number of para-hydroxylation sites is 1. The molecule has 2 atom stereocenters. The maximum atomic E-state index is 15.5. The summed E-state index contributed by atoms with van der Waals surface area (Å²) in [7, 11) is 1.62. The zero-order valence-corrected chi connectivity index (χ0v) is 22.3. The Morgan fingerprint density at radius 2 is 1.82 bits per heavy atom. The molecule has 0 saturated carbocycles. The monoisotopic (exact) mass is 563 g/mol. The molecule has 1 aliphatic rings. The molecule has 1 fully saturated rings. The normalized spacial score (nSPS) is 16.0. The molecule has 13 heteroatoms. The summed E-state index contributed by atoms with van der Waals surface area (Å²) in [5.41, 5.74) is 4.52. The lowest BCUT2D eigenvalue weighted by Gasteiger charge is -2.30. The van der Waals surface area contributed by atoms with Gasteiger partial charge in [0.15, 0.2) is 11.6 Å². The first-order chi connectivity index (χ1) is 18.5. The van der Waals surface area contributed by atoms with E-state index in [0.29, 0.717) is 35.4 Å². The summed E-state index contributed by atoms with van der Waals surface area (Å²) in [5.74, 6) is -3.56. The lowest BCUT2D eigenvalue weighted by atomic mass is 10.0. The molecular weight excluding hydrogens is 535 g/mol. The van der Waals surface area contributed by atoms with Crippen molar-refractivity contribution < 1.29 is 18.0 Å². The number of nitrogens with one attached hydrogen (secondary N) is 3. The van der Waals surface area contributed by atoms with Crippen molar-refractivity contribution in [2.24, 2.45) is 5.73 Å². The van der Waals surface area contributed by atoms with Gasteiger partial charge < -0.3 is 26.6 Å². The van der Waals surface area contributed by atoms with Gasteiger partial charge in [0.05, 0.1) is 17.1 Å². The fourth-order valence-corrected chi connectivity index (χ4v) is 4.69. The highest BCUT2D eigenvalue weighted by Crippen LogP contribution is 2.44. The quantitative estimate of drug-likeness (QED) is 0.244. The second-order valence-electron chi connectivity index (χ2n) is 9.48. The van der Waals surface area contributed by atoms with Gasteiger partial charge in [-0.2, -0.15) is 9.78 Å². The highest BCUT2D eigenvalue weighted by molar-refractivity contribution is 6.22. The molecule has 2 aromatic carbocycles. The van der Waals surface area contributed by atoms with Gasteiger partial charge in [-0.3, -0.25) is 9.59 Å². The molecule has 208 valence electrons. The molecule has 0 spiro atoms. The van der Waals surface area contributed by atoms with Gasteiger partial charge in [0.2, 0.25) is 0 Å². The molecule has 1 saturated heterocycles. The third-order valence-corrected chi connectivity index (χ3v) is 6.64. The number of carbonyl (C=O) groups is 1. The van der Waals surface area contributed by atoms with E-state index in [0.717, 1.165) is 36.4 Å². The van der Waals surface area contributed by atoms with E-state index in [1.165, 1.54) is 0 Å². The maximum absolute atomic E-state index is 15.5. The number of alkyl halides is 1. The molecular formula is C26H29ClF3N7O2. The van der Waals surface area contributed by atoms with Crippen LogP contribution in [0, 0.1) is 17.5 Å². The Bertz CT molecular complexity index is 1430. The number of amides is 1. The number of halogens is 4. The van der Waals surface area contributed by atoms with Gasteiger partial charge in [-0.1, -0.05) is 6.07 Å². The topological polar surface area (TPSA) is 117 Å². The second kappa shape index (κ2) is 11.6. The van der Waals surface area contributed by atoms with Gasteiger partial charge in [-0.15, -0.1) is 11.6 Å². The third-order valence-electron chi connectivity index (χ3n) is 6.20. The summed E-state index contributed by atoms with van der Waals surface area (Å²) in [6.07, 6.45) is 0.671. The van der Waals surface area contributed by atoms with Gasteiger partial charge in [0.1, 0.15) is 22.7 Å². The van der Waals surface area contributed by atoms with Crippen LogP contribution in [0.5, 0.6) is 0 Å². The SMILES string of the molecule is CNC(Cl)c1c(NC(C)C)c(F)cc(NC(=O)c2ccc(=O)n(-c3c(F)cccc3F)n2)c1N1CCC(N)C1. The van der Waals surface area contributed by atoms with E-state index >= 15 is 4.39 Å². The largest absolute Gasteiger partial charge is 0.380 e. The Morgan fingerprint density at radius 3 is 2.41 bits per heavy atom. The first-order valence-corrected chi connectivity index (χ1v) is 12.8. The summed E-state index contributed by atoms with van der Waals surface area (Å²) in [4.78, 5) is 27.6. The Kier molecular flexibility index (Phi) is 8.48. The molecule has 1 aromatic heterocycles. The van der Waals surface area contributed by atoms with Crippen molar-refractivity contribution in [2.45, 2.75) is 37.9 Å². The zero-order chi connectivity index (χ0) is 28.4. The van der Waals surface area contributed by atoms with Crippen molar-refractivity contribution in [3.05, 3.63) is 75.5 Å². The molecule has 1 aliphatic heterocycles. The summed E-state index contributed by atoms with van der Waals surface area (Å²) in [5, 5.41) is 12.5. The number of benzene rings is 2. The number of rotatable bonds is 8. The average molecular weight is 564 g/mol. The molecule has 0 aliphatic carbocycles. The molecule has 2 heterocycles. The van der Waals surface area contributed by atoms with E-state index in [4.69, 9.17) is 17.3 Å². The maximum Gasteiger partial charge on any atom is 0.276 e. The van der Waals surface area contributed by atoms with Gasteiger partial charge in [-0.25, -0.2) is 13.2 Å². The Balaban J connectivity index is 1.82. The van der Waals surface area contributed by atoms with E-state index in [2.05, 4.69) is 21.0 Å². The van der Waals surface area contributed by atoms with Crippen molar-refractivity contribution in [3.8, 4) is 5.69 Å². The standard InChI is InChI=1S/C26H29ClF3N7O2/c1-13(2)33-22-17(30)11-19(24(21(22)25(27)32-3)36-10-9-14(31)12-36)34-26(39)18-7-8-20(38)37(35-18)23-15(28)5-4-6-16(23)29/h4-8,11,13-14,25,32-33H,9-10,12,31H2,1-3H3,(H,34,39). The van der Waals surface area contributed by atoms with E-state index < -0.39 is 40.1 Å². The molecule has 2 unspecified atom stereocenters. The number of aromatic nitrogens is 2. The van der Waals surface area contributed by atoms with Crippen LogP contribution in [0.25, 0.3) is 5.69 Å². The molecule has 3 aromatic rings. The molecule has 1 amide bonds. The molecule has 39 heavy (non-hydrogen) atoms. The summed E-state index contributed by atoms with van der Waals surface area (Å²) in [6.45, 7) is 4.68. The molecule has 4 rings (SSSR count). The van der Waals surface area contributed by atoms with Gasteiger partial charge in [0.25, 0.3) is 11.5 Å². The van der Waals surface area contributed by atoms with E-state index in [1.54, 1.807) is 7.05 Å². The average Bonchev–Trinajstić information content (AvgIpc) is 3.31. The van der Waals surface area contributed by atoms with Crippen LogP contribution in [0.1, 0.15) is 41.8 Å². The first-order valence-electron chi connectivity index (χ1n) is 12.3. The van der Waals surface area contributed by atoms with Gasteiger partial charge in [0, 0.05) is 42.9 Å². The molecule has 5 N–H and O–H groups in total. The van der Waals surface area contributed by atoms with Crippen LogP contribution in [0.2, 0.25) is 0 Å². The number of hydrogen-bond acceptors (Lipinski definition) is 7. The number of nitrogens with two attached hydrogens (primary N) is 1. The van der Waals surface area contributed by atoms with Crippen LogP contribution >= 0.6 is 11.6 Å². The zero-order valence-electron chi connectivity index (χ0n) is 21.6. The summed E-state index contributed by atoms with van der Waals surface area (Å²) in [6, 6.07) is 6.04. The van der Waals surface area contributed by atoms with Crippen molar-refractivity contribution in [3.63, 3.8) is 0 Å². The lowest BCUT2D eigenvalue weighted by molar-refractivity contribution is 0.102. The predicted octanol–water partition coefficient (Wildman–Crippen LogP) is 3.72. The van der Waals surface area contributed by atoms with Crippen LogP contribution < -0.4 is 32.1 Å². The summed E-state index contributed by atoms with van der Waals surface area (Å²) >= 11 is 6.62. The molecule has 0 radical (unpaired) electrons. The minimum Gasteiger partial charge on any atom is -0.380 e. The number of carbonyl (C=O) groups excluding carboxylic acids is 1. The first kappa shape index (κ1) is 28.4. The number of nitrogens with zero attached hydrogens (tertiary/aromatic N) is 3. The summed E-state index contributed by atoms with van der Waals surface area (Å²) < 4.78 is 44.7. The lowest BCUT2D eigenvalue weighted by Crippen LogP contribution is -2.31. The second-order valence-corrected chi connectivity index (χ2v) is 9.92. The molecule has 9 nitrogen and oxygen atoms in total. The van der Waals surface area contributed by atoms with E-state index in [9.17, 15) is 18.4 Å². The fourth-order valence-electron chi connectivity index (χ4n) is 4.48. The van der Waals surface area contributed by atoms with Crippen molar-refractivity contribution >= 4 is 34.6 Å². The minimum atomic E-state index is -1.03. The molecule has 0 bridgehead atoms. The highest BCUT2D eigenvalue weighted by Gasteiger charge is 2.31. The number of anilines is 3. The highest BCUT2D eigenvalue weighted by atomic mass is 35.5. The van der Waals surface area contributed by atoms with E-state index in [-0.39, 0.29) is 29.2 Å². The Morgan fingerprint density at radius 1 is 1.13 bits per heavy atom. The van der Waals surface area contributed by atoms with Crippen molar-refractivity contribution in [1.29, 1.82) is 0 Å². The van der Waals surface area contributed by atoms with E-state index in [1.807, 2.05) is 18.7 Å². The van der Waals surface area contributed by atoms with Crippen LogP contribution in [0.4, 0.5) is 30.2 Å². The fraction of sp³-hybridized carbons (Fsp3) is 0.346. The van der Waals surface area contributed by atoms with Gasteiger partial charge in [-0.05, 0) is 45.5 Å². The Hall–Kier alpha value is -3.61. The minimum absolute atomic E-state index is 0.0911. The van der Waals surface area contributed by atoms with Crippen LogP contribution in [-0.4, -0.2) is 47.9 Å². The Labute approximate surface area is 228 Å². The van der Waals surface area contributed by atoms with Crippen molar-refractivity contribution in [1.82, 2.24) is 15.1 Å². The van der Waals surface area contributed by atoms with Crippen LogP contribution in [0.3, 0.4) is 0 Å². The van der Waals surface area contributed by atoms with Crippen molar-refractivity contribution in [2.75, 3.05) is 35.7 Å². The van der Waals surface area contributed by atoms with Crippen LogP contribution in [0.15, 0.2) is 41.2 Å². The third kappa shape index (κ3) is 5.87. The van der Waals surface area contributed by atoms with Gasteiger partial charge >= 0.3 is 0 Å². The number of hydrogen-bond donors (Lipinski definition) is 4.